The van der Waals surface area contributed by atoms with Crippen molar-refractivity contribution in [2.45, 2.75) is 45.8 Å². The molecule has 0 aromatic carbocycles. The summed E-state index contributed by atoms with van der Waals surface area (Å²) >= 11 is 0. The van der Waals surface area contributed by atoms with Crippen molar-refractivity contribution in [1.82, 2.24) is 4.90 Å². The smallest absolute Gasteiger partial charge is 0.0624 e. The van der Waals surface area contributed by atoms with Gasteiger partial charge in [0.1, 0.15) is 0 Å². The first-order valence-corrected chi connectivity index (χ1v) is 7.07. The lowest BCUT2D eigenvalue weighted by Gasteiger charge is -2.43. The lowest BCUT2D eigenvalue weighted by Crippen LogP contribution is -2.50. The monoisotopic (exact) mass is 241 g/mol. The summed E-state index contributed by atoms with van der Waals surface area (Å²) in [5, 5.41) is 10.0. The van der Waals surface area contributed by atoms with E-state index < -0.39 is 0 Å². The molecule has 5 unspecified atom stereocenters. The standard InChI is InChI=1S/C14H27NO2/c1-10-6-11(2)12(3)15(7-10)8-13-9-17-5-4-14(13)16/h10-14,16H,4-9H2,1-3H3. The summed E-state index contributed by atoms with van der Waals surface area (Å²) in [6, 6.07) is 0.639. The van der Waals surface area contributed by atoms with E-state index in [0.29, 0.717) is 12.0 Å². The number of aliphatic hydroxyl groups excluding tert-OH is 1. The van der Waals surface area contributed by atoms with Crippen molar-refractivity contribution in [3.63, 3.8) is 0 Å². The van der Waals surface area contributed by atoms with Crippen molar-refractivity contribution in [1.29, 1.82) is 0 Å². The predicted molar refractivity (Wildman–Crippen MR) is 68.9 cm³/mol. The van der Waals surface area contributed by atoms with Crippen molar-refractivity contribution in [3.8, 4) is 0 Å². The SMILES string of the molecule is CC1CC(C)C(C)N(CC2COCCC2O)C1. The zero-order chi connectivity index (χ0) is 12.4. The molecule has 0 bridgehead atoms. The highest BCUT2D eigenvalue weighted by molar-refractivity contribution is 4.85. The molecule has 2 rings (SSSR count). The maximum atomic E-state index is 10.0. The molecule has 2 saturated heterocycles. The molecule has 0 radical (unpaired) electrons. The molecule has 5 atom stereocenters. The van der Waals surface area contributed by atoms with E-state index in [1.807, 2.05) is 0 Å². The third kappa shape index (κ3) is 3.21. The van der Waals surface area contributed by atoms with Gasteiger partial charge in [0.05, 0.1) is 12.7 Å². The third-order valence-electron chi connectivity index (χ3n) is 4.62. The number of nitrogens with zero attached hydrogens (tertiary/aromatic N) is 1. The molecule has 0 amide bonds. The fraction of sp³-hybridized carbons (Fsp3) is 1.00. The third-order valence-corrected chi connectivity index (χ3v) is 4.62. The number of ether oxygens (including phenoxy) is 1. The molecule has 0 aromatic rings. The average molecular weight is 241 g/mol. The zero-order valence-electron chi connectivity index (χ0n) is 11.4. The van der Waals surface area contributed by atoms with Crippen LogP contribution < -0.4 is 0 Å². The molecule has 100 valence electrons. The van der Waals surface area contributed by atoms with E-state index in [1.165, 1.54) is 13.0 Å². The molecule has 2 aliphatic heterocycles. The van der Waals surface area contributed by atoms with Crippen LogP contribution in [0.3, 0.4) is 0 Å². The highest BCUT2D eigenvalue weighted by Gasteiger charge is 2.33. The van der Waals surface area contributed by atoms with Gasteiger partial charge in [0, 0.05) is 31.7 Å². The van der Waals surface area contributed by atoms with E-state index in [0.717, 1.165) is 38.0 Å². The van der Waals surface area contributed by atoms with Gasteiger partial charge in [-0.1, -0.05) is 13.8 Å². The lowest BCUT2D eigenvalue weighted by atomic mass is 9.85. The van der Waals surface area contributed by atoms with Crippen LogP contribution in [0.4, 0.5) is 0 Å². The van der Waals surface area contributed by atoms with Crippen molar-refractivity contribution in [3.05, 3.63) is 0 Å². The second kappa shape index (κ2) is 5.68. The van der Waals surface area contributed by atoms with E-state index in [-0.39, 0.29) is 6.10 Å². The van der Waals surface area contributed by atoms with Crippen LogP contribution in [-0.4, -0.2) is 48.5 Å². The summed E-state index contributed by atoms with van der Waals surface area (Å²) in [5.74, 6) is 1.85. The van der Waals surface area contributed by atoms with E-state index >= 15 is 0 Å². The largest absolute Gasteiger partial charge is 0.393 e. The summed E-state index contributed by atoms with van der Waals surface area (Å²) in [6.07, 6.45) is 1.97. The van der Waals surface area contributed by atoms with Gasteiger partial charge >= 0.3 is 0 Å². The Hall–Kier alpha value is -0.120. The highest BCUT2D eigenvalue weighted by atomic mass is 16.5. The molecule has 2 fully saturated rings. The normalized spacial score (nSPS) is 44.8. The lowest BCUT2D eigenvalue weighted by molar-refractivity contribution is -0.0588. The molecular formula is C14H27NO2. The molecule has 0 saturated carbocycles. The van der Waals surface area contributed by atoms with Gasteiger partial charge in [-0.05, 0) is 31.6 Å². The van der Waals surface area contributed by atoms with Gasteiger partial charge < -0.3 is 9.84 Å². The van der Waals surface area contributed by atoms with Crippen molar-refractivity contribution >= 4 is 0 Å². The minimum absolute atomic E-state index is 0.163. The van der Waals surface area contributed by atoms with E-state index in [4.69, 9.17) is 4.74 Å². The van der Waals surface area contributed by atoms with Crippen molar-refractivity contribution in [2.24, 2.45) is 17.8 Å². The van der Waals surface area contributed by atoms with Gasteiger partial charge in [0.2, 0.25) is 0 Å². The number of hydrogen-bond donors (Lipinski definition) is 1. The molecule has 2 aliphatic rings. The molecule has 2 heterocycles. The average Bonchev–Trinajstić information content (AvgIpc) is 2.28. The Bertz CT molecular complexity index is 246. The summed E-state index contributed by atoms with van der Waals surface area (Å²) in [7, 11) is 0. The van der Waals surface area contributed by atoms with Crippen molar-refractivity contribution in [2.75, 3.05) is 26.3 Å². The Balaban J connectivity index is 1.92. The number of likely N-dealkylation sites (tertiary alicyclic amines) is 1. The first kappa shape index (κ1) is 13.3. The molecule has 0 aromatic heterocycles. The number of piperidine rings is 1. The summed E-state index contributed by atoms with van der Waals surface area (Å²) in [6.45, 7) is 10.6. The van der Waals surface area contributed by atoms with Crippen LogP contribution in [0.5, 0.6) is 0 Å². The van der Waals surface area contributed by atoms with Gasteiger partial charge in [-0.3, -0.25) is 4.90 Å². The summed E-state index contributed by atoms with van der Waals surface area (Å²) in [4.78, 5) is 2.56. The molecule has 0 spiro atoms. The maximum absolute atomic E-state index is 10.0. The number of hydrogen-bond acceptors (Lipinski definition) is 3. The van der Waals surface area contributed by atoms with Crippen LogP contribution in [0.2, 0.25) is 0 Å². The summed E-state index contributed by atoms with van der Waals surface area (Å²) < 4.78 is 5.50. The van der Waals surface area contributed by atoms with Crippen LogP contribution in [0.1, 0.15) is 33.6 Å². The fourth-order valence-corrected chi connectivity index (χ4v) is 3.33. The van der Waals surface area contributed by atoms with Gasteiger partial charge in [0.15, 0.2) is 0 Å². The minimum atomic E-state index is -0.163. The summed E-state index contributed by atoms with van der Waals surface area (Å²) in [5.41, 5.74) is 0. The van der Waals surface area contributed by atoms with Gasteiger partial charge in [-0.15, -0.1) is 0 Å². The second-order valence-corrected chi connectivity index (χ2v) is 6.20. The molecule has 17 heavy (non-hydrogen) atoms. The fourth-order valence-electron chi connectivity index (χ4n) is 3.33. The molecule has 3 nitrogen and oxygen atoms in total. The first-order chi connectivity index (χ1) is 8.08. The minimum Gasteiger partial charge on any atom is -0.393 e. The van der Waals surface area contributed by atoms with E-state index in [2.05, 4.69) is 25.7 Å². The van der Waals surface area contributed by atoms with Crippen LogP contribution >= 0.6 is 0 Å². The topological polar surface area (TPSA) is 32.7 Å². The maximum Gasteiger partial charge on any atom is 0.0624 e. The van der Waals surface area contributed by atoms with Crippen LogP contribution in [0.25, 0.3) is 0 Å². The Kier molecular flexibility index (Phi) is 4.45. The van der Waals surface area contributed by atoms with Crippen LogP contribution in [0.15, 0.2) is 0 Å². The molecular weight excluding hydrogens is 214 g/mol. The Morgan fingerprint density at radius 2 is 2.06 bits per heavy atom. The van der Waals surface area contributed by atoms with E-state index in [1.54, 1.807) is 0 Å². The quantitative estimate of drug-likeness (QED) is 0.799. The first-order valence-electron chi connectivity index (χ1n) is 7.07. The van der Waals surface area contributed by atoms with Crippen molar-refractivity contribution < 1.29 is 9.84 Å². The van der Waals surface area contributed by atoms with Crippen LogP contribution in [-0.2, 0) is 4.74 Å². The highest BCUT2D eigenvalue weighted by Crippen LogP contribution is 2.28. The second-order valence-electron chi connectivity index (χ2n) is 6.20. The zero-order valence-corrected chi connectivity index (χ0v) is 11.4. The molecule has 3 heteroatoms. The Labute approximate surface area is 105 Å². The van der Waals surface area contributed by atoms with E-state index in [9.17, 15) is 5.11 Å². The Morgan fingerprint density at radius 1 is 1.29 bits per heavy atom. The van der Waals surface area contributed by atoms with Crippen LogP contribution in [0, 0.1) is 17.8 Å². The number of aliphatic hydroxyl groups is 1. The predicted octanol–water partition coefficient (Wildman–Crippen LogP) is 1.75. The van der Waals surface area contributed by atoms with Gasteiger partial charge in [-0.25, -0.2) is 0 Å². The number of rotatable bonds is 2. The molecule has 0 aliphatic carbocycles. The van der Waals surface area contributed by atoms with Gasteiger partial charge in [0.25, 0.3) is 0 Å². The molecule has 1 N–H and O–H groups in total. The van der Waals surface area contributed by atoms with Gasteiger partial charge in [-0.2, -0.15) is 0 Å². The Morgan fingerprint density at radius 3 is 2.76 bits per heavy atom.